The highest BCUT2D eigenvalue weighted by Gasteiger charge is 2.12. The maximum absolute atomic E-state index is 4.01. The van der Waals surface area contributed by atoms with Crippen LogP contribution in [0.1, 0.15) is 52.7 Å². The number of hydrogen-bond acceptors (Lipinski definition) is 0. The zero-order valence-corrected chi connectivity index (χ0v) is 13.2. The highest BCUT2D eigenvalue weighted by atomic mass is 14.2. The average Bonchev–Trinajstić information content (AvgIpc) is 2.34. The van der Waals surface area contributed by atoms with Gasteiger partial charge in [0, 0.05) is 0 Å². The van der Waals surface area contributed by atoms with E-state index in [0.29, 0.717) is 0 Å². The van der Waals surface area contributed by atoms with E-state index in [2.05, 4.69) is 77.6 Å². The van der Waals surface area contributed by atoms with E-state index >= 15 is 0 Å². The van der Waals surface area contributed by atoms with Crippen LogP contribution in [0.2, 0.25) is 0 Å². The van der Waals surface area contributed by atoms with E-state index in [-0.39, 0.29) is 5.41 Å². The van der Waals surface area contributed by atoms with E-state index in [1.807, 2.05) is 6.92 Å². The molecule has 0 aliphatic rings. The third-order valence-corrected chi connectivity index (χ3v) is 3.38. The molecule has 0 saturated carbocycles. The molecule has 1 aromatic rings. The highest BCUT2D eigenvalue weighted by Crippen LogP contribution is 2.25. The van der Waals surface area contributed by atoms with Crippen molar-refractivity contribution >= 4 is 5.57 Å². The smallest absolute Gasteiger partial charge is 0.0132 e. The molecule has 1 aromatic carbocycles. The molecule has 0 amide bonds. The van der Waals surface area contributed by atoms with Crippen LogP contribution in [0, 0.1) is 0 Å². The topological polar surface area (TPSA) is 0 Å². The summed E-state index contributed by atoms with van der Waals surface area (Å²) in [6, 6.07) is 8.86. The summed E-state index contributed by atoms with van der Waals surface area (Å²) in [5.74, 6) is 0. The maximum atomic E-state index is 4.01. The Hall–Kier alpha value is -1.56. The number of rotatable bonds is 3. The van der Waals surface area contributed by atoms with Crippen LogP contribution in [0.5, 0.6) is 0 Å². The first-order chi connectivity index (χ1) is 8.75. The Balaban J connectivity index is 3.05. The minimum absolute atomic E-state index is 0.211. The van der Waals surface area contributed by atoms with Crippen molar-refractivity contribution in [1.82, 2.24) is 0 Å². The second-order valence-electron chi connectivity index (χ2n) is 6.18. The molecule has 0 saturated heterocycles. The first-order valence-electron chi connectivity index (χ1n) is 6.87. The molecule has 0 unspecified atom stereocenters. The van der Waals surface area contributed by atoms with Gasteiger partial charge in [0.15, 0.2) is 0 Å². The molecule has 102 valence electrons. The largest absolute Gasteiger partial charge is 0.0955 e. The van der Waals surface area contributed by atoms with Crippen molar-refractivity contribution < 1.29 is 0 Å². The van der Waals surface area contributed by atoms with Gasteiger partial charge >= 0.3 is 0 Å². The molecule has 0 bridgehead atoms. The fourth-order valence-corrected chi connectivity index (χ4v) is 2.00. The van der Waals surface area contributed by atoms with Crippen molar-refractivity contribution in [3.05, 3.63) is 65.3 Å². The van der Waals surface area contributed by atoms with E-state index in [1.165, 1.54) is 22.3 Å². The van der Waals surface area contributed by atoms with Gasteiger partial charge in [-0.1, -0.05) is 69.3 Å². The molecule has 0 radical (unpaired) electrons. The van der Waals surface area contributed by atoms with Crippen LogP contribution in [0.15, 0.2) is 54.1 Å². The van der Waals surface area contributed by atoms with Crippen LogP contribution in [0.4, 0.5) is 0 Å². The van der Waals surface area contributed by atoms with Crippen LogP contribution in [-0.2, 0) is 5.41 Å². The lowest BCUT2D eigenvalue weighted by molar-refractivity contribution is 0.590. The predicted octanol–water partition coefficient (Wildman–Crippen LogP) is 5.91. The predicted molar refractivity (Wildman–Crippen MR) is 87.4 cm³/mol. The molecule has 0 aromatic heterocycles. The highest BCUT2D eigenvalue weighted by molar-refractivity contribution is 5.68. The van der Waals surface area contributed by atoms with Gasteiger partial charge in [0.1, 0.15) is 0 Å². The molecule has 0 heteroatoms. The van der Waals surface area contributed by atoms with Gasteiger partial charge in [0.05, 0.1) is 0 Å². The summed E-state index contributed by atoms with van der Waals surface area (Å²) in [4.78, 5) is 0. The molecule has 0 atom stereocenters. The number of hydrogen-bond donors (Lipinski definition) is 0. The first kappa shape index (κ1) is 15.5. The lowest BCUT2D eigenvalue weighted by Crippen LogP contribution is -2.10. The van der Waals surface area contributed by atoms with Crippen molar-refractivity contribution in [2.24, 2.45) is 0 Å². The van der Waals surface area contributed by atoms with E-state index in [0.717, 1.165) is 5.57 Å². The normalized spacial score (nSPS) is 13.6. The Labute approximate surface area is 118 Å². The molecule has 0 aliphatic carbocycles. The number of allylic oxidation sites excluding steroid dienone is 5. The molecule has 0 aliphatic heterocycles. The summed E-state index contributed by atoms with van der Waals surface area (Å²) in [7, 11) is 0. The second-order valence-corrected chi connectivity index (χ2v) is 6.18. The monoisotopic (exact) mass is 254 g/mol. The molecule has 0 N–H and O–H groups in total. The van der Waals surface area contributed by atoms with Gasteiger partial charge in [-0.25, -0.2) is 0 Å². The van der Waals surface area contributed by atoms with E-state index in [9.17, 15) is 0 Å². The van der Waals surface area contributed by atoms with Crippen LogP contribution in [0.25, 0.3) is 5.57 Å². The summed E-state index contributed by atoms with van der Waals surface area (Å²) in [5, 5.41) is 0. The summed E-state index contributed by atoms with van der Waals surface area (Å²) in [5.41, 5.74) is 6.44. The van der Waals surface area contributed by atoms with Crippen LogP contribution < -0.4 is 0 Å². The zero-order valence-electron chi connectivity index (χ0n) is 13.2. The summed E-state index contributed by atoms with van der Waals surface area (Å²) in [6.45, 7) is 17.0. The van der Waals surface area contributed by atoms with Gasteiger partial charge in [0.2, 0.25) is 0 Å². The van der Waals surface area contributed by atoms with Crippen LogP contribution in [-0.4, -0.2) is 0 Å². The Morgan fingerprint density at radius 3 is 1.95 bits per heavy atom. The van der Waals surface area contributed by atoms with E-state index < -0.39 is 0 Å². The lowest BCUT2D eigenvalue weighted by atomic mass is 9.86. The van der Waals surface area contributed by atoms with Gasteiger partial charge in [-0.2, -0.15) is 0 Å². The number of benzene rings is 1. The SMILES string of the molecule is C=C(C)C(=C/C)/C=C(\C)c1ccc(C(C)(C)C)cc1. The van der Waals surface area contributed by atoms with E-state index in [4.69, 9.17) is 0 Å². The van der Waals surface area contributed by atoms with Crippen molar-refractivity contribution in [1.29, 1.82) is 0 Å². The van der Waals surface area contributed by atoms with Crippen molar-refractivity contribution in [2.75, 3.05) is 0 Å². The van der Waals surface area contributed by atoms with E-state index in [1.54, 1.807) is 0 Å². The quantitative estimate of drug-likeness (QED) is 0.588. The Morgan fingerprint density at radius 2 is 1.58 bits per heavy atom. The average molecular weight is 254 g/mol. The van der Waals surface area contributed by atoms with Crippen molar-refractivity contribution in [3.8, 4) is 0 Å². The standard InChI is InChI=1S/C19H26/c1-8-16(14(2)3)13-15(4)17-9-11-18(12-10-17)19(5,6)7/h8-13H,2H2,1,3-7H3/b15-13+,16-8+. The zero-order chi connectivity index (χ0) is 14.6. The Kier molecular flexibility index (Phi) is 4.94. The molecule has 19 heavy (non-hydrogen) atoms. The minimum Gasteiger partial charge on any atom is -0.0955 e. The van der Waals surface area contributed by atoms with Gasteiger partial charge in [0.25, 0.3) is 0 Å². The second kappa shape index (κ2) is 6.06. The van der Waals surface area contributed by atoms with Gasteiger partial charge in [-0.15, -0.1) is 0 Å². The third-order valence-electron chi connectivity index (χ3n) is 3.38. The molecule has 0 heterocycles. The Bertz CT molecular complexity index is 502. The van der Waals surface area contributed by atoms with Crippen LogP contribution >= 0.6 is 0 Å². The fourth-order valence-electron chi connectivity index (χ4n) is 2.00. The minimum atomic E-state index is 0.211. The van der Waals surface area contributed by atoms with Crippen molar-refractivity contribution in [2.45, 2.75) is 47.0 Å². The molecular formula is C19H26. The lowest BCUT2D eigenvalue weighted by Gasteiger charge is -2.19. The fraction of sp³-hybridized carbons (Fsp3) is 0.368. The van der Waals surface area contributed by atoms with Gasteiger partial charge in [-0.05, 0) is 48.5 Å². The summed E-state index contributed by atoms with van der Waals surface area (Å²) >= 11 is 0. The van der Waals surface area contributed by atoms with Gasteiger partial charge in [-0.3, -0.25) is 0 Å². The summed E-state index contributed by atoms with van der Waals surface area (Å²) < 4.78 is 0. The first-order valence-corrected chi connectivity index (χ1v) is 6.87. The summed E-state index contributed by atoms with van der Waals surface area (Å²) in [6.07, 6.45) is 4.31. The molecule has 0 fully saturated rings. The van der Waals surface area contributed by atoms with Gasteiger partial charge < -0.3 is 0 Å². The molecule has 0 spiro atoms. The molecule has 0 nitrogen and oxygen atoms in total. The maximum Gasteiger partial charge on any atom is -0.0132 e. The van der Waals surface area contributed by atoms with Crippen LogP contribution in [0.3, 0.4) is 0 Å². The molecule has 1 rings (SSSR count). The third kappa shape index (κ3) is 4.24. The van der Waals surface area contributed by atoms with Crippen molar-refractivity contribution in [3.63, 3.8) is 0 Å². The molecular weight excluding hydrogens is 228 g/mol. The Morgan fingerprint density at radius 1 is 1.05 bits per heavy atom.